The van der Waals surface area contributed by atoms with Gasteiger partial charge in [-0.05, 0) is 41.3 Å². The van der Waals surface area contributed by atoms with E-state index in [4.69, 9.17) is 14.7 Å². The quantitative estimate of drug-likeness (QED) is 0.379. The van der Waals surface area contributed by atoms with Crippen LogP contribution in [0.1, 0.15) is 0 Å². The number of rotatable bonds is 5. The number of sulfone groups is 1. The molecule has 0 saturated carbocycles. The zero-order valence-electron chi connectivity index (χ0n) is 17.3. The Morgan fingerprint density at radius 2 is 1.78 bits per heavy atom. The van der Waals surface area contributed by atoms with Crippen LogP contribution < -0.4 is 4.74 Å². The summed E-state index contributed by atoms with van der Waals surface area (Å²) in [5, 5.41) is 9.34. The molecule has 0 saturated heterocycles. The summed E-state index contributed by atoms with van der Waals surface area (Å²) in [7, 11) is -1.61. The lowest BCUT2D eigenvalue weighted by atomic mass is 10.1. The minimum absolute atomic E-state index is 0.279. The van der Waals surface area contributed by atoms with E-state index in [2.05, 4.69) is 5.10 Å². The number of thiophene rings is 1. The Morgan fingerprint density at radius 1 is 0.969 bits per heavy atom. The van der Waals surface area contributed by atoms with Crippen molar-refractivity contribution in [3.8, 4) is 34.1 Å². The van der Waals surface area contributed by atoms with Crippen molar-refractivity contribution in [2.45, 2.75) is 4.90 Å². The first kappa shape index (κ1) is 20.3. The van der Waals surface area contributed by atoms with Crippen LogP contribution in [-0.2, 0) is 9.84 Å². The van der Waals surface area contributed by atoms with E-state index in [1.54, 1.807) is 53.6 Å². The van der Waals surface area contributed by atoms with E-state index in [0.717, 1.165) is 33.3 Å². The second-order valence-electron chi connectivity index (χ2n) is 7.21. The molecule has 0 atom stereocenters. The maximum absolute atomic E-state index is 11.7. The number of nitrogens with zero attached hydrogens (tertiary/aromatic N) is 4. The van der Waals surface area contributed by atoms with Crippen molar-refractivity contribution in [3.05, 3.63) is 71.7 Å². The van der Waals surface area contributed by atoms with Gasteiger partial charge in [0.1, 0.15) is 5.75 Å². The Balaban J connectivity index is 1.61. The third kappa shape index (κ3) is 3.65. The van der Waals surface area contributed by atoms with Gasteiger partial charge in [0.25, 0.3) is 5.95 Å². The molecule has 0 fully saturated rings. The van der Waals surface area contributed by atoms with Gasteiger partial charge in [0.05, 0.1) is 34.8 Å². The summed E-state index contributed by atoms with van der Waals surface area (Å²) in [6.45, 7) is 0. The molecule has 0 bridgehead atoms. The normalized spacial score (nSPS) is 11.7. The van der Waals surface area contributed by atoms with Gasteiger partial charge in [-0.1, -0.05) is 18.2 Å². The van der Waals surface area contributed by atoms with Crippen molar-refractivity contribution in [1.29, 1.82) is 0 Å². The van der Waals surface area contributed by atoms with E-state index in [0.29, 0.717) is 11.7 Å². The van der Waals surface area contributed by atoms with Crippen LogP contribution in [0.5, 0.6) is 5.75 Å². The van der Waals surface area contributed by atoms with Gasteiger partial charge in [-0.25, -0.2) is 23.1 Å². The first-order chi connectivity index (χ1) is 15.4. The molecule has 0 radical (unpaired) electrons. The highest BCUT2D eigenvalue weighted by molar-refractivity contribution is 7.90. The minimum atomic E-state index is -3.24. The molecule has 160 valence electrons. The Kier molecular flexibility index (Phi) is 4.99. The topological polar surface area (TPSA) is 87.0 Å². The Labute approximate surface area is 188 Å². The SMILES string of the molecule is COc1cccc2nc(-n3cc(-c4ccc(S(C)(=O)=O)cc4)cn3)nc(-c3ccsc3)c12. The van der Waals surface area contributed by atoms with Crippen LogP contribution in [0.2, 0.25) is 0 Å². The van der Waals surface area contributed by atoms with Crippen LogP contribution in [0.15, 0.2) is 76.6 Å². The molecule has 9 heteroatoms. The molecule has 7 nitrogen and oxygen atoms in total. The number of hydrogen-bond acceptors (Lipinski definition) is 7. The molecule has 32 heavy (non-hydrogen) atoms. The molecule has 5 aromatic rings. The molecule has 0 aliphatic heterocycles. The van der Waals surface area contributed by atoms with Crippen molar-refractivity contribution in [1.82, 2.24) is 19.7 Å². The number of methoxy groups -OCH3 is 1. The molecule has 3 aromatic heterocycles. The van der Waals surface area contributed by atoms with Crippen LogP contribution in [0.3, 0.4) is 0 Å². The zero-order chi connectivity index (χ0) is 22.3. The predicted octanol–water partition coefficient (Wildman–Crippen LogP) is 4.62. The summed E-state index contributed by atoms with van der Waals surface area (Å²) in [5.74, 6) is 1.15. The summed E-state index contributed by atoms with van der Waals surface area (Å²) in [5.41, 5.74) is 4.20. The lowest BCUT2D eigenvalue weighted by molar-refractivity contribution is 0.419. The number of aromatic nitrogens is 4. The minimum Gasteiger partial charge on any atom is -0.496 e. The fraction of sp³-hybridized carbons (Fsp3) is 0.0870. The van der Waals surface area contributed by atoms with Gasteiger partial charge in [0.15, 0.2) is 9.84 Å². The second kappa shape index (κ2) is 7.85. The first-order valence-corrected chi connectivity index (χ1v) is 12.5. The molecule has 0 aliphatic carbocycles. The monoisotopic (exact) mass is 462 g/mol. The molecule has 0 N–H and O–H groups in total. The van der Waals surface area contributed by atoms with Crippen LogP contribution in [-0.4, -0.2) is 41.5 Å². The average molecular weight is 463 g/mol. The van der Waals surface area contributed by atoms with E-state index in [1.807, 2.05) is 41.2 Å². The van der Waals surface area contributed by atoms with Gasteiger partial charge in [0.2, 0.25) is 0 Å². The highest BCUT2D eigenvalue weighted by Gasteiger charge is 2.16. The maximum Gasteiger partial charge on any atom is 0.251 e. The van der Waals surface area contributed by atoms with Gasteiger partial charge >= 0.3 is 0 Å². The lowest BCUT2D eigenvalue weighted by Gasteiger charge is -2.11. The van der Waals surface area contributed by atoms with Gasteiger partial charge in [-0.3, -0.25) is 0 Å². The molecule has 0 unspecified atom stereocenters. The van der Waals surface area contributed by atoms with Crippen molar-refractivity contribution in [3.63, 3.8) is 0 Å². The van der Waals surface area contributed by atoms with Gasteiger partial charge < -0.3 is 4.74 Å². The van der Waals surface area contributed by atoms with Gasteiger partial charge in [-0.2, -0.15) is 16.4 Å². The van der Waals surface area contributed by atoms with E-state index >= 15 is 0 Å². The Morgan fingerprint density at radius 3 is 2.47 bits per heavy atom. The third-order valence-corrected chi connectivity index (χ3v) is 6.90. The van der Waals surface area contributed by atoms with Crippen LogP contribution >= 0.6 is 11.3 Å². The fourth-order valence-electron chi connectivity index (χ4n) is 3.50. The molecule has 0 spiro atoms. The predicted molar refractivity (Wildman–Crippen MR) is 125 cm³/mol. The molecular formula is C23H18N4O3S2. The number of fused-ring (bicyclic) bond motifs is 1. The molecule has 2 aromatic carbocycles. The molecule has 0 amide bonds. The number of benzene rings is 2. The number of ether oxygens (including phenoxy) is 1. The van der Waals surface area contributed by atoms with Crippen molar-refractivity contribution < 1.29 is 13.2 Å². The smallest absolute Gasteiger partial charge is 0.251 e. The van der Waals surface area contributed by atoms with E-state index in [1.165, 1.54) is 6.26 Å². The van der Waals surface area contributed by atoms with E-state index < -0.39 is 9.84 Å². The summed E-state index contributed by atoms with van der Waals surface area (Å²) in [4.78, 5) is 9.80. The Bertz CT molecular complexity index is 1520. The summed E-state index contributed by atoms with van der Waals surface area (Å²) in [6.07, 6.45) is 4.73. The van der Waals surface area contributed by atoms with E-state index in [-0.39, 0.29) is 4.90 Å². The van der Waals surface area contributed by atoms with E-state index in [9.17, 15) is 8.42 Å². The summed E-state index contributed by atoms with van der Waals surface area (Å²) >= 11 is 1.60. The molecule has 5 rings (SSSR count). The highest BCUT2D eigenvalue weighted by Crippen LogP contribution is 2.34. The van der Waals surface area contributed by atoms with Crippen molar-refractivity contribution >= 4 is 32.1 Å². The second-order valence-corrected chi connectivity index (χ2v) is 10.0. The van der Waals surface area contributed by atoms with Crippen LogP contribution in [0, 0.1) is 0 Å². The van der Waals surface area contributed by atoms with Crippen LogP contribution in [0.4, 0.5) is 0 Å². The van der Waals surface area contributed by atoms with Crippen molar-refractivity contribution in [2.75, 3.05) is 13.4 Å². The number of hydrogen-bond donors (Lipinski definition) is 0. The largest absolute Gasteiger partial charge is 0.496 e. The van der Waals surface area contributed by atoms with Gasteiger partial charge in [-0.15, -0.1) is 0 Å². The summed E-state index contributed by atoms with van der Waals surface area (Å²) in [6, 6.07) is 14.4. The standard InChI is InChI=1S/C23H18N4O3S2/c1-30-20-5-3-4-19-21(20)22(16-10-11-31-14-16)26-23(25-19)27-13-17(12-24-27)15-6-8-18(9-7-15)32(2,28)29/h3-14H,1-2H3. The first-order valence-electron chi connectivity index (χ1n) is 9.67. The van der Waals surface area contributed by atoms with Crippen molar-refractivity contribution in [2.24, 2.45) is 0 Å². The zero-order valence-corrected chi connectivity index (χ0v) is 18.9. The molecular weight excluding hydrogens is 444 g/mol. The molecule has 0 aliphatic rings. The average Bonchev–Trinajstić information content (AvgIpc) is 3.50. The fourth-order valence-corrected chi connectivity index (χ4v) is 4.77. The van der Waals surface area contributed by atoms with Crippen LogP contribution in [0.25, 0.3) is 39.2 Å². The summed E-state index contributed by atoms with van der Waals surface area (Å²) < 4.78 is 30.6. The molecule has 3 heterocycles. The third-order valence-electron chi connectivity index (χ3n) is 5.09. The Hall–Kier alpha value is -3.56. The van der Waals surface area contributed by atoms with Gasteiger partial charge in [0, 0.05) is 29.0 Å². The maximum atomic E-state index is 11.7. The highest BCUT2D eigenvalue weighted by atomic mass is 32.2. The lowest BCUT2D eigenvalue weighted by Crippen LogP contribution is -2.04.